The number of carbonyl (C=O) groups excluding carboxylic acids is 1. The highest BCUT2D eigenvalue weighted by Crippen LogP contribution is 2.39. The molecule has 1 aromatic carbocycles. The summed E-state index contributed by atoms with van der Waals surface area (Å²) in [5.74, 6) is 0.676. The normalized spacial score (nSPS) is 15.2. The molecule has 1 fully saturated rings. The minimum Gasteiger partial charge on any atom is -0.385 e. The summed E-state index contributed by atoms with van der Waals surface area (Å²) >= 11 is 0. The molecule has 1 aliphatic carbocycles. The van der Waals surface area contributed by atoms with E-state index in [1.807, 2.05) is 25.1 Å². The summed E-state index contributed by atoms with van der Waals surface area (Å²) in [7, 11) is 0. The molecule has 2 rings (SSSR count). The Morgan fingerprint density at radius 2 is 2.05 bits per heavy atom. The Balaban J connectivity index is 2.10. The SMILES string of the molecule is CCNc1ccc(C(=O)NC(C)(C)C2CC2)c(C)c1. The van der Waals surface area contributed by atoms with Gasteiger partial charge in [0, 0.05) is 23.3 Å². The zero-order valence-electron chi connectivity index (χ0n) is 12.3. The van der Waals surface area contributed by atoms with E-state index in [0.29, 0.717) is 5.92 Å². The second kappa shape index (κ2) is 5.24. The first-order chi connectivity index (χ1) is 8.94. The minimum atomic E-state index is -0.0934. The van der Waals surface area contributed by atoms with Gasteiger partial charge >= 0.3 is 0 Å². The van der Waals surface area contributed by atoms with Gasteiger partial charge in [0.15, 0.2) is 0 Å². The van der Waals surface area contributed by atoms with Crippen molar-refractivity contribution in [3.63, 3.8) is 0 Å². The maximum absolute atomic E-state index is 12.4. The Hall–Kier alpha value is -1.51. The molecule has 0 bridgehead atoms. The highest BCUT2D eigenvalue weighted by molar-refractivity contribution is 5.96. The van der Waals surface area contributed by atoms with Crippen molar-refractivity contribution in [1.82, 2.24) is 5.32 Å². The molecule has 2 N–H and O–H groups in total. The molecule has 104 valence electrons. The molecule has 1 amide bonds. The number of benzene rings is 1. The first-order valence-corrected chi connectivity index (χ1v) is 7.11. The summed E-state index contributed by atoms with van der Waals surface area (Å²) in [6, 6.07) is 5.91. The van der Waals surface area contributed by atoms with Crippen molar-refractivity contribution in [3.8, 4) is 0 Å². The maximum Gasteiger partial charge on any atom is 0.251 e. The van der Waals surface area contributed by atoms with Crippen LogP contribution in [0, 0.1) is 12.8 Å². The topological polar surface area (TPSA) is 41.1 Å². The molecule has 0 spiro atoms. The van der Waals surface area contributed by atoms with E-state index in [-0.39, 0.29) is 11.4 Å². The Morgan fingerprint density at radius 1 is 1.37 bits per heavy atom. The van der Waals surface area contributed by atoms with Crippen LogP contribution in [0.4, 0.5) is 5.69 Å². The quantitative estimate of drug-likeness (QED) is 0.852. The molecule has 0 heterocycles. The van der Waals surface area contributed by atoms with Crippen molar-refractivity contribution in [2.75, 3.05) is 11.9 Å². The van der Waals surface area contributed by atoms with Gasteiger partial charge in [-0.05, 0) is 70.2 Å². The second-order valence-electron chi connectivity index (χ2n) is 6.01. The van der Waals surface area contributed by atoms with Gasteiger partial charge in [0.05, 0.1) is 0 Å². The molecule has 0 atom stereocenters. The van der Waals surface area contributed by atoms with Crippen LogP contribution >= 0.6 is 0 Å². The maximum atomic E-state index is 12.4. The lowest BCUT2D eigenvalue weighted by Crippen LogP contribution is -2.45. The van der Waals surface area contributed by atoms with Crippen molar-refractivity contribution in [1.29, 1.82) is 0 Å². The highest BCUT2D eigenvalue weighted by atomic mass is 16.1. The predicted molar refractivity (Wildman–Crippen MR) is 79.6 cm³/mol. The summed E-state index contributed by atoms with van der Waals surface area (Å²) in [4.78, 5) is 12.4. The van der Waals surface area contributed by atoms with Crippen LogP contribution in [0.1, 0.15) is 49.5 Å². The van der Waals surface area contributed by atoms with E-state index < -0.39 is 0 Å². The third-order valence-corrected chi connectivity index (χ3v) is 3.89. The molecule has 0 unspecified atom stereocenters. The van der Waals surface area contributed by atoms with E-state index >= 15 is 0 Å². The standard InChI is InChI=1S/C16H24N2O/c1-5-17-13-8-9-14(11(2)10-13)15(19)18-16(3,4)12-6-7-12/h8-10,12,17H,5-7H2,1-4H3,(H,18,19). The molecule has 3 heteroatoms. The van der Waals surface area contributed by atoms with Gasteiger partial charge in [-0.1, -0.05) is 0 Å². The van der Waals surface area contributed by atoms with Crippen LogP contribution in [-0.2, 0) is 0 Å². The van der Waals surface area contributed by atoms with Crippen molar-refractivity contribution < 1.29 is 4.79 Å². The number of rotatable bonds is 5. The van der Waals surface area contributed by atoms with E-state index in [2.05, 4.69) is 31.4 Å². The molecular formula is C16H24N2O. The number of aryl methyl sites for hydroxylation is 1. The molecule has 0 saturated heterocycles. The average Bonchev–Trinajstić information content (AvgIpc) is 3.12. The Morgan fingerprint density at radius 3 is 2.58 bits per heavy atom. The lowest BCUT2D eigenvalue weighted by Gasteiger charge is -2.26. The largest absolute Gasteiger partial charge is 0.385 e. The van der Waals surface area contributed by atoms with Gasteiger partial charge < -0.3 is 10.6 Å². The summed E-state index contributed by atoms with van der Waals surface area (Å²) in [5, 5.41) is 6.43. The van der Waals surface area contributed by atoms with E-state index in [4.69, 9.17) is 0 Å². The summed E-state index contributed by atoms with van der Waals surface area (Å²) in [5.41, 5.74) is 2.76. The molecule has 0 radical (unpaired) electrons. The van der Waals surface area contributed by atoms with Crippen molar-refractivity contribution in [3.05, 3.63) is 29.3 Å². The summed E-state index contributed by atoms with van der Waals surface area (Å²) in [6.45, 7) is 9.17. The number of nitrogens with one attached hydrogen (secondary N) is 2. The van der Waals surface area contributed by atoms with Crippen LogP contribution in [0.15, 0.2) is 18.2 Å². The predicted octanol–water partition coefficient (Wildman–Crippen LogP) is 3.35. The fourth-order valence-corrected chi connectivity index (χ4v) is 2.50. The third kappa shape index (κ3) is 3.28. The van der Waals surface area contributed by atoms with Gasteiger partial charge in [0.2, 0.25) is 0 Å². The summed E-state index contributed by atoms with van der Waals surface area (Å²) < 4.78 is 0. The average molecular weight is 260 g/mol. The van der Waals surface area contributed by atoms with Crippen molar-refractivity contribution in [2.24, 2.45) is 5.92 Å². The van der Waals surface area contributed by atoms with E-state index in [1.54, 1.807) is 0 Å². The van der Waals surface area contributed by atoms with Gasteiger partial charge in [-0.2, -0.15) is 0 Å². The molecule has 1 aromatic rings. The number of carbonyl (C=O) groups is 1. The van der Waals surface area contributed by atoms with Gasteiger partial charge in [-0.25, -0.2) is 0 Å². The number of amides is 1. The van der Waals surface area contributed by atoms with Gasteiger partial charge in [0.25, 0.3) is 5.91 Å². The van der Waals surface area contributed by atoms with Crippen LogP contribution < -0.4 is 10.6 Å². The van der Waals surface area contributed by atoms with Crippen LogP contribution in [0.3, 0.4) is 0 Å². The first-order valence-electron chi connectivity index (χ1n) is 7.11. The zero-order valence-corrected chi connectivity index (χ0v) is 12.3. The van der Waals surface area contributed by atoms with E-state index in [9.17, 15) is 4.79 Å². The molecule has 19 heavy (non-hydrogen) atoms. The number of hydrogen-bond donors (Lipinski definition) is 2. The van der Waals surface area contributed by atoms with Crippen LogP contribution in [-0.4, -0.2) is 18.0 Å². The van der Waals surface area contributed by atoms with E-state index in [1.165, 1.54) is 12.8 Å². The summed E-state index contributed by atoms with van der Waals surface area (Å²) in [6.07, 6.45) is 2.46. The van der Waals surface area contributed by atoms with Crippen LogP contribution in [0.5, 0.6) is 0 Å². The first kappa shape index (κ1) is 13.9. The number of hydrogen-bond acceptors (Lipinski definition) is 2. The van der Waals surface area contributed by atoms with Crippen LogP contribution in [0.25, 0.3) is 0 Å². The Labute approximate surface area is 115 Å². The fraction of sp³-hybridized carbons (Fsp3) is 0.562. The molecule has 0 aliphatic heterocycles. The van der Waals surface area contributed by atoms with Crippen molar-refractivity contribution >= 4 is 11.6 Å². The number of anilines is 1. The fourth-order valence-electron chi connectivity index (χ4n) is 2.50. The molecule has 3 nitrogen and oxygen atoms in total. The smallest absolute Gasteiger partial charge is 0.251 e. The zero-order chi connectivity index (χ0) is 14.0. The van der Waals surface area contributed by atoms with Gasteiger partial charge in [0.1, 0.15) is 0 Å². The van der Waals surface area contributed by atoms with Gasteiger partial charge in [-0.15, -0.1) is 0 Å². The minimum absolute atomic E-state index is 0.0393. The molecule has 0 aromatic heterocycles. The van der Waals surface area contributed by atoms with Crippen molar-refractivity contribution in [2.45, 2.75) is 46.1 Å². The lowest BCUT2D eigenvalue weighted by atomic mass is 9.97. The molecule has 1 aliphatic rings. The van der Waals surface area contributed by atoms with Crippen LogP contribution in [0.2, 0.25) is 0 Å². The van der Waals surface area contributed by atoms with E-state index in [0.717, 1.165) is 23.4 Å². The second-order valence-corrected chi connectivity index (χ2v) is 6.01. The highest BCUT2D eigenvalue weighted by Gasteiger charge is 2.38. The lowest BCUT2D eigenvalue weighted by molar-refractivity contribution is 0.0903. The van der Waals surface area contributed by atoms with Gasteiger partial charge in [-0.3, -0.25) is 4.79 Å². The Kier molecular flexibility index (Phi) is 3.83. The monoisotopic (exact) mass is 260 g/mol. The molecular weight excluding hydrogens is 236 g/mol. The molecule has 1 saturated carbocycles. The third-order valence-electron chi connectivity index (χ3n) is 3.89. The Bertz CT molecular complexity index is 476.